The van der Waals surface area contributed by atoms with E-state index in [9.17, 15) is 9.59 Å². The van der Waals surface area contributed by atoms with Gasteiger partial charge in [-0.3, -0.25) is 9.59 Å². The number of anilines is 1. The first-order valence-electron chi connectivity index (χ1n) is 7.94. The fourth-order valence-electron chi connectivity index (χ4n) is 2.34. The molecule has 2 aromatic rings. The molecule has 0 saturated heterocycles. The van der Waals surface area contributed by atoms with E-state index in [1.54, 1.807) is 25.3 Å². The first-order valence-corrected chi connectivity index (χ1v) is 8.32. The highest BCUT2D eigenvalue weighted by Gasteiger charge is 2.18. The lowest BCUT2D eigenvalue weighted by Crippen LogP contribution is -2.38. The van der Waals surface area contributed by atoms with Gasteiger partial charge < -0.3 is 20.1 Å². The lowest BCUT2D eigenvalue weighted by atomic mass is 10.1. The predicted octanol–water partition coefficient (Wildman–Crippen LogP) is 2.66. The van der Waals surface area contributed by atoms with E-state index in [-0.39, 0.29) is 17.8 Å². The van der Waals surface area contributed by atoms with Gasteiger partial charge in [-0.05, 0) is 35.9 Å². The largest absolute Gasteiger partial charge is 0.497 e. The highest BCUT2D eigenvalue weighted by Crippen LogP contribution is 2.22. The zero-order chi connectivity index (χ0) is 19.8. The van der Waals surface area contributed by atoms with Gasteiger partial charge in [0.25, 0.3) is 0 Å². The number of ether oxygens (including phenoxy) is 2. The van der Waals surface area contributed by atoms with Gasteiger partial charge in [-0.2, -0.15) is 5.26 Å². The monoisotopic (exact) mass is 387 g/mol. The topological polar surface area (TPSA) is 100 Å². The van der Waals surface area contributed by atoms with Gasteiger partial charge >= 0.3 is 11.8 Å². The van der Waals surface area contributed by atoms with Gasteiger partial charge in [-0.25, -0.2) is 0 Å². The molecular formula is C19H18ClN3O4. The van der Waals surface area contributed by atoms with Gasteiger partial charge in [0, 0.05) is 18.7 Å². The molecule has 2 amide bonds. The van der Waals surface area contributed by atoms with E-state index in [4.69, 9.17) is 26.3 Å². The lowest BCUT2D eigenvalue weighted by molar-refractivity contribution is -0.136. The molecule has 2 aromatic carbocycles. The molecule has 27 heavy (non-hydrogen) atoms. The van der Waals surface area contributed by atoms with Crippen molar-refractivity contribution in [2.24, 2.45) is 0 Å². The summed E-state index contributed by atoms with van der Waals surface area (Å²) in [6, 6.07) is 13.5. The summed E-state index contributed by atoms with van der Waals surface area (Å²) in [5, 5.41) is 14.3. The first-order chi connectivity index (χ1) is 13.0. The third-order valence-corrected chi connectivity index (χ3v) is 3.99. The van der Waals surface area contributed by atoms with Crippen LogP contribution in [0.5, 0.6) is 5.75 Å². The number of amides is 2. The number of benzene rings is 2. The van der Waals surface area contributed by atoms with Crippen molar-refractivity contribution >= 4 is 29.1 Å². The number of hydrogen-bond donors (Lipinski definition) is 2. The molecule has 0 aromatic heterocycles. The van der Waals surface area contributed by atoms with Crippen LogP contribution in [0.25, 0.3) is 0 Å². The van der Waals surface area contributed by atoms with Crippen LogP contribution in [0.4, 0.5) is 5.69 Å². The second kappa shape index (κ2) is 9.57. The summed E-state index contributed by atoms with van der Waals surface area (Å²) in [6.45, 7) is 0.0799. The fraction of sp³-hybridized carbons (Fsp3) is 0.211. The van der Waals surface area contributed by atoms with Crippen molar-refractivity contribution < 1.29 is 19.1 Å². The Balaban J connectivity index is 2.00. The Morgan fingerprint density at radius 2 is 1.96 bits per heavy atom. The molecule has 0 saturated carbocycles. The van der Waals surface area contributed by atoms with Crippen LogP contribution in [-0.4, -0.2) is 32.6 Å². The van der Waals surface area contributed by atoms with Crippen molar-refractivity contribution in [1.82, 2.24) is 5.32 Å². The van der Waals surface area contributed by atoms with Crippen LogP contribution in [0, 0.1) is 11.3 Å². The van der Waals surface area contributed by atoms with E-state index < -0.39 is 17.9 Å². The minimum Gasteiger partial charge on any atom is -0.497 e. The highest BCUT2D eigenvalue weighted by molar-refractivity contribution is 6.40. The summed E-state index contributed by atoms with van der Waals surface area (Å²) in [6.07, 6.45) is -0.460. The molecule has 140 valence electrons. The summed E-state index contributed by atoms with van der Waals surface area (Å²) < 4.78 is 10.5. The second-order valence-electron chi connectivity index (χ2n) is 5.47. The zero-order valence-electron chi connectivity index (χ0n) is 14.8. The molecule has 0 aliphatic heterocycles. The Bertz CT molecular complexity index is 879. The normalized spacial score (nSPS) is 11.2. The smallest absolute Gasteiger partial charge is 0.313 e. The molecule has 0 bridgehead atoms. The van der Waals surface area contributed by atoms with Crippen LogP contribution in [0.2, 0.25) is 5.02 Å². The van der Waals surface area contributed by atoms with Gasteiger partial charge in [-0.15, -0.1) is 0 Å². The minimum atomic E-state index is -0.908. The third kappa shape index (κ3) is 5.45. The minimum absolute atomic E-state index is 0.0799. The Morgan fingerprint density at radius 1 is 1.19 bits per heavy atom. The summed E-state index contributed by atoms with van der Waals surface area (Å²) in [5.74, 6) is -1.11. The van der Waals surface area contributed by atoms with E-state index in [1.165, 1.54) is 25.3 Å². The maximum absolute atomic E-state index is 12.1. The molecule has 0 heterocycles. The second-order valence-corrected chi connectivity index (χ2v) is 5.90. The summed E-state index contributed by atoms with van der Waals surface area (Å²) in [4.78, 5) is 24.2. The molecule has 8 heteroatoms. The van der Waals surface area contributed by atoms with Crippen LogP contribution in [-0.2, 0) is 14.3 Å². The average molecular weight is 388 g/mol. The number of hydrogen-bond acceptors (Lipinski definition) is 5. The summed E-state index contributed by atoms with van der Waals surface area (Å²) in [7, 11) is 3.06. The Morgan fingerprint density at radius 3 is 2.63 bits per heavy atom. The molecule has 0 aliphatic carbocycles. The van der Waals surface area contributed by atoms with E-state index in [0.29, 0.717) is 10.8 Å². The van der Waals surface area contributed by atoms with E-state index in [1.807, 2.05) is 12.1 Å². The van der Waals surface area contributed by atoms with Crippen LogP contribution in [0.3, 0.4) is 0 Å². The average Bonchev–Trinajstić information content (AvgIpc) is 2.68. The Labute approximate surface area is 161 Å². The lowest BCUT2D eigenvalue weighted by Gasteiger charge is -2.17. The number of halogens is 1. The third-order valence-electron chi connectivity index (χ3n) is 3.75. The molecule has 0 aliphatic rings. The summed E-state index contributed by atoms with van der Waals surface area (Å²) in [5.41, 5.74) is 1.16. The molecular weight excluding hydrogens is 370 g/mol. The number of rotatable bonds is 6. The first kappa shape index (κ1) is 20.2. The number of nitrogens with zero attached hydrogens (tertiary/aromatic N) is 1. The molecule has 2 N–H and O–H groups in total. The number of carbonyl (C=O) groups is 2. The maximum atomic E-state index is 12.1. The zero-order valence-corrected chi connectivity index (χ0v) is 15.5. The van der Waals surface area contributed by atoms with Crippen molar-refractivity contribution in [2.75, 3.05) is 26.1 Å². The Hall–Kier alpha value is -3.08. The number of methoxy groups -OCH3 is 2. The molecule has 0 unspecified atom stereocenters. The fourth-order valence-corrected chi connectivity index (χ4v) is 2.51. The van der Waals surface area contributed by atoms with Crippen molar-refractivity contribution in [3.63, 3.8) is 0 Å². The van der Waals surface area contributed by atoms with E-state index >= 15 is 0 Å². The van der Waals surface area contributed by atoms with Gasteiger partial charge in [-0.1, -0.05) is 23.7 Å². The standard InChI is InChI=1S/C19H18ClN3O4/c1-26-15-5-3-4-12(8-15)17(27-2)11-22-18(24)19(25)23-16-9-14(20)7-6-13(16)10-21/h3-9,17H,11H2,1-2H3,(H,22,24)(H,23,25)/t17-/m1/s1. The molecule has 0 fully saturated rings. The Kier molecular flexibility index (Phi) is 7.17. The van der Waals surface area contributed by atoms with Crippen molar-refractivity contribution in [1.29, 1.82) is 5.26 Å². The van der Waals surface area contributed by atoms with E-state index in [0.717, 1.165) is 5.56 Å². The SMILES string of the molecule is COc1cccc([C@@H](CNC(=O)C(=O)Nc2cc(Cl)ccc2C#N)OC)c1. The van der Waals surface area contributed by atoms with Crippen molar-refractivity contribution in [3.8, 4) is 11.8 Å². The quantitative estimate of drug-likeness (QED) is 0.742. The molecule has 1 atom stereocenters. The maximum Gasteiger partial charge on any atom is 0.313 e. The van der Waals surface area contributed by atoms with Crippen molar-refractivity contribution in [3.05, 3.63) is 58.6 Å². The van der Waals surface area contributed by atoms with Crippen LogP contribution in [0.15, 0.2) is 42.5 Å². The van der Waals surface area contributed by atoms with Crippen LogP contribution in [0.1, 0.15) is 17.2 Å². The van der Waals surface area contributed by atoms with Gasteiger partial charge in [0.15, 0.2) is 0 Å². The predicted molar refractivity (Wildman–Crippen MR) is 101 cm³/mol. The van der Waals surface area contributed by atoms with Gasteiger partial charge in [0.1, 0.15) is 11.8 Å². The molecule has 2 rings (SSSR count). The number of nitrogens with one attached hydrogen (secondary N) is 2. The van der Waals surface area contributed by atoms with Gasteiger partial charge in [0.2, 0.25) is 0 Å². The molecule has 7 nitrogen and oxygen atoms in total. The van der Waals surface area contributed by atoms with Gasteiger partial charge in [0.05, 0.1) is 24.5 Å². The van der Waals surface area contributed by atoms with Crippen LogP contribution < -0.4 is 15.4 Å². The molecule has 0 spiro atoms. The van der Waals surface area contributed by atoms with E-state index in [2.05, 4.69) is 10.6 Å². The highest BCUT2D eigenvalue weighted by atomic mass is 35.5. The number of nitriles is 1. The van der Waals surface area contributed by atoms with Crippen LogP contribution >= 0.6 is 11.6 Å². The molecule has 0 radical (unpaired) electrons. The van der Waals surface area contributed by atoms with Crippen molar-refractivity contribution in [2.45, 2.75) is 6.10 Å². The number of carbonyl (C=O) groups excluding carboxylic acids is 2. The summed E-state index contributed by atoms with van der Waals surface area (Å²) >= 11 is 5.86.